The maximum absolute atomic E-state index is 10.6. The fraction of sp³-hybridized carbons (Fsp3) is 0.778. The van der Waals surface area contributed by atoms with E-state index in [-0.39, 0.29) is 5.97 Å². The highest BCUT2D eigenvalue weighted by molar-refractivity contribution is 5.68. The molecule has 0 saturated carbocycles. The Morgan fingerprint density at radius 2 is 2.00 bits per heavy atom. The topological polar surface area (TPSA) is 50.1 Å². The lowest BCUT2D eigenvalue weighted by Gasteiger charge is -1.98. The molecule has 0 bridgehead atoms. The molecule has 0 fully saturated rings. The number of carbonyl (C=O) groups excluding carboxylic acids is 1. The molecule has 0 amide bonds. The molecular formula is C9H15NO2. The van der Waals surface area contributed by atoms with E-state index in [1.54, 1.807) is 0 Å². The Kier molecular flexibility index (Phi) is 7.36. The van der Waals surface area contributed by atoms with Gasteiger partial charge >= 0.3 is 5.97 Å². The van der Waals surface area contributed by atoms with Gasteiger partial charge in [-0.25, -0.2) is 0 Å². The van der Waals surface area contributed by atoms with E-state index in [0.29, 0.717) is 12.8 Å². The number of ether oxygens (including phenoxy) is 1. The molecule has 0 aromatic heterocycles. The van der Waals surface area contributed by atoms with E-state index in [4.69, 9.17) is 5.26 Å². The van der Waals surface area contributed by atoms with Crippen LogP contribution >= 0.6 is 0 Å². The van der Waals surface area contributed by atoms with Gasteiger partial charge in [-0.2, -0.15) is 5.26 Å². The van der Waals surface area contributed by atoms with Gasteiger partial charge in [-0.15, -0.1) is 0 Å². The number of hydrogen-bond acceptors (Lipinski definition) is 3. The molecule has 0 aliphatic rings. The van der Waals surface area contributed by atoms with Crippen LogP contribution in [0.3, 0.4) is 0 Å². The van der Waals surface area contributed by atoms with Gasteiger partial charge in [-0.3, -0.25) is 4.79 Å². The van der Waals surface area contributed by atoms with Gasteiger partial charge in [-0.1, -0.05) is 12.8 Å². The zero-order valence-electron chi connectivity index (χ0n) is 7.51. The van der Waals surface area contributed by atoms with Crippen molar-refractivity contribution in [3.05, 3.63) is 0 Å². The number of hydrogen-bond donors (Lipinski definition) is 0. The van der Waals surface area contributed by atoms with E-state index >= 15 is 0 Å². The third-order valence-electron chi connectivity index (χ3n) is 1.65. The lowest BCUT2D eigenvalue weighted by molar-refractivity contribution is -0.140. The summed E-state index contributed by atoms with van der Waals surface area (Å²) < 4.78 is 4.49. The minimum Gasteiger partial charge on any atom is -0.469 e. The Bertz CT molecular complexity index is 160. The van der Waals surface area contributed by atoms with Crippen LogP contribution in [0.4, 0.5) is 0 Å². The second-order valence-corrected chi connectivity index (χ2v) is 2.65. The van der Waals surface area contributed by atoms with E-state index in [2.05, 4.69) is 10.8 Å². The first kappa shape index (κ1) is 11.0. The van der Waals surface area contributed by atoms with E-state index in [1.807, 2.05) is 0 Å². The molecule has 0 rings (SSSR count). The first-order valence-electron chi connectivity index (χ1n) is 4.25. The molecule has 0 aliphatic heterocycles. The average molecular weight is 169 g/mol. The molecule has 0 heterocycles. The zero-order valence-corrected chi connectivity index (χ0v) is 7.51. The minimum absolute atomic E-state index is 0.143. The van der Waals surface area contributed by atoms with Gasteiger partial charge < -0.3 is 4.74 Å². The van der Waals surface area contributed by atoms with Crippen LogP contribution in [-0.2, 0) is 9.53 Å². The Morgan fingerprint density at radius 1 is 1.33 bits per heavy atom. The normalized spacial score (nSPS) is 9.00. The van der Waals surface area contributed by atoms with Crippen LogP contribution in [0.25, 0.3) is 0 Å². The summed E-state index contributed by atoms with van der Waals surface area (Å²) in [5.74, 6) is -0.143. The summed E-state index contributed by atoms with van der Waals surface area (Å²) in [6.07, 6.45) is 4.98. The third kappa shape index (κ3) is 7.07. The van der Waals surface area contributed by atoms with Crippen LogP contribution in [0.2, 0.25) is 0 Å². The molecule has 3 heteroatoms. The van der Waals surface area contributed by atoms with E-state index in [9.17, 15) is 4.79 Å². The highest BCUT2D eigenvalue weighted by atomic mass is 16.5. The van der Waals surface area contributed by atoms with Gasteiger partial charge in [0.25, 0.3) is 0 Å². The van der Waals surface area contributed by atoms with Crippen LogP contribution in [0, 0.1) is 11.3 Å². The van der Waals surface area contributed by atoms with Crippen molar-refractivity contribution in [1.82, 2.24) is 0 Å². The van der Waals surface area contributed by atoms with Gasteiger partial charge in [-0.05, 0) is 12.8 Å². The Morgan fingerprint density at radius 3 is 2.58 bits per heavy atom. The van der Waals surface area contributed by atoms with E-state index < -0.39 is 0 Å². The van der Waals surface area contributed by atoms with Gasteiger partial charge in [0.1, 0.15) is 0 Å². The molecule has 0 aromatic rings. The Hall–Kier alpha value is -1.04. The fourth-order valence-corrected chi connectivity index (χ4v) is 0.929. The summed E-state index contributed by atoms with van der Waals surface area (Å²) in [7, 11) is 1.40. The first-order chi connectivity index (χ1) is 5.81. The van der Waals surface area contributed by atoms with E-state index in [1.165, 1.54) is 7.11 Å². The highest BCUT2D eigenvalue weighted by Gasteiger charge is 1.98. The maximum Gasteiger partial charge on any atom is 0.305 e. The first-order valence-corrected chi connectivity index (χ1v) is 4.25. The van der Waals surface area contributed by atoms with Gasteiger partial charge in [0, 0.05) is 12.8 Å². The minimum atomic E-state index is -0.143. The number of nitrogens with zero attached hydrogens (tertiary/aromatic N) is 1. The number of rotatable bonds is 6. The average Bonchev–Trinajstić information content (AvgIpc) is 2.10. The summed E-state index contributed by atoms with van der Waals surface area (Å²) in [6, 6.07) is 2.09. The van der Waals surface area contributed by atoms with Crippen LogP contribution in [-0.4, -0.2) is 13.1 Å². The largest absolute Gasteiger partial charge is 0.469 e. The fourth-order valence-electron chi connectivity index (χ4n) is 0.929. The van der Waals surface area contributed by atoms with Gasteiger partial charge in [0.05, 0.1) is 13.2 Å². The number of carbonyl (C=O) groups is 1. The van der Waals surface area contributed by atoms with Crippen molar-refractivity contribution in [3.8, 4) is 6.07 Å². The molecule has 0 N–H and O–H groups in total. The lowest BCUT2D eigenvalue weighted by Crippen LogP contribution is -1.98. The van der Waals surface area contributed by atoms with Gasteiger partial charge in [0.2, 0.25) is 0 Å². The molecule has 12 heavy (non-hydrogen) atoms. The molecule has 68 valence electrons. The van der Waals surface area contributed by atoms with Crippen LogP contribution in [0.15, 0.2) is 0 Å². The SMILES string of the molecule is COC(=O)CCCCCCC#N. The molecule has 0 aliphatic carbocycles. The predicted molar refractivity (Wildman–Crippen MR) is 45.3 cm³/mol. The van der Waals surface area contributed by atoms with Crippen molar-refractivity contribution in [2.24, 2.45) is 0 Å². The van der Waals surface area contributed by atoms with Crippen molar-refractivity contribution >= 4 is 5.97 Å². The van der Waals surface area contributed by atoms with Crippen molar-refractivity contribution in [2.75, 3.05) is 7.11 Å². The number of methoxy groups -OCH3 is 1. The summed E-state index contributed by atoms with van der Waals surface area (Å²) in [6.45, 7) is 0. The smallest absolute Gasteiger partial charge is 0.305 e. The quantitative estimate of drug-likeness (QED) is 0.451. The standard InChI is InChI=1S/C9H15NO2/c1-12-9(11)7-5-3-2-4-6-8-10/h2-7H2,1H3. The summed E-state index contributed by atoms with van der Waals surface area (Å²) in [5.41, 5.74) is 0. The highest BCUT2D eigenvalue weighted by Crippen LogP contribution is 2.05. The predicted octanol–water partition coefficient (Wildman–Crippen LogP) is 2.02. The number of nitriles is 1. The van der Waals surface area contributed by atoms with Crippen molar-refractivity contribution in [2.45, 2.75) is 38.5 Å². The Balaban J connectivity index is 3.01. The molecule has 3 nitrogen and oxygen atoms in total. The molecule has 0 radical (unpaired) electrons. The summed E-state index contributed by atoms with van der Waals surface area (Å²) >= 11 is 0. The van der Waals surface area contributed by atoms with Crippen molar-refractivity contribution < 1.29 is 9.53 Å². The monoisotopic (exact) mass is 169 g/mol. The number of esters is 1. The van der Waals surface area contributed by atoms with Crippen LogP contribution in [0.1, 0.15) is 38.5 Å². The Labute approximate surface area is 73.3 Å². The number of unbranched alkanes of at least 4 members (excludes halogenated alkanes) is 4. The zero-order chi connectivity index (χ0) is 9.23. The molecule has 0 spiro atoms. The molecular weight excluding hydrogens is 154 g/mol. The van der Waals surface area contributed by atoms with Crippen LogP contribution < -0.4 is 0 Å². The lowest BCUT2D eigenvalue weighted by atomic mass is 10.1. The third-order valence-corrected chi connectivity index (χ3v) is 1.65. The maximum atomic E-state index is 10.6. The van der Waals surface area contributed by atoms with Gasteiger partial charge in [0.15, 0.2) is 0 Å². The van der Waals surface area contributed by atoms with E-state index in [0.717, 1.165) is 25.7 Å². The molecule has 0 atom stereocenters. The van der Waals surface area contributed by atoms with Crippen molar-refractivity contribution in [3.63, 3.8) is 0 Å². The summed E-state index contributed by atoms with van der Waals surface area (Å²) in [5, 5.41) is 8.22. The molecule has 0 unspecified atom stereocenters. The van der Waals surface area contributed by atoms with Crippen molar-refractivity contribution in [1.29, 1.82) is 5.26 Å². The summed E-state index contributed by atoms with van der Waals surface area (Å²) in [4.78, 5) is 10.6. The molecule has 0 saturated heterocycles. The second-order valence-electron chi connectivity index (χ2n) is 2.65. The second kappa shape index (κ2) is 8.06. The molecule has 0 aromatic carbocycles. The van der Waals surface area contributed by atoms with Crippen LogP contribution in [0.5, 0.6) is 0 Å².